The Morgan fingerprint density at radius 3 is 2.29 bits per heavy atom. The van der Waals surface area contributed by atoms with Crippen LogP contribution in [0.2, 0.25) is 0 Å². The van der Waals surface area contributed by atoms with Crippen molar-refractivity contribution >= 4 is 23.8 Å². The number of carbonyl (C=O) groups excluding carboxylic acids is 1. The van der Waals surface area contributed by atoms with Gasteiger partial charge < -0.3 is 10.6 Å². The maximum atomic E-state index is 13.0. The number of halogens is 3. The first-order chi connectivity index (χ1) is 16.2. The highest BCUT2D eigenvalue weighted by molar-refractivity contribution is 5.92. The molecule has 2 N–H and O–H groups in total. The van der Waals surface area contributed by atoms with Crippen molar-refractivity contribution in [2.24, 2.45) is 4.99 Å². The average molecular weight is 468 g/mol. The van der Waals surface area contributed by atoms with Crippen LogP contribution in [0.15, 0.2) is 65.7 Å². The van der Waals surface area contributed by atoms with E-state index in [0.717, 1.165) is 22.9 Å². The molecule has 1 amide bonds. The quantitative estimate of drug-likeness (QED) is 0.473. The van der Waals surface area contributed by atoms with Gasteiger partial charge in [0, 0.05) is 36.9 Å². The summed E-state index contributed by atoms with van der Waals surface area (Å²) in [5.74, 6) is -0.00925. The van der Waals surface area contributed by atoms with Gasteiger partial charge in [-0.2, -0.15) is 13.2 Å². The van der Waals surface area contributed by atoms with Crippen molar-refractivity contribution in [2.75, 3.05) is 17.7 Å². The molecule has 2 heterocycles. The molecule has 0 spiro atoms. The third-order valence-corrected chi connectivity index (χ3v) is 4.82. The molecule has 0 bridgehead atoms. The normalized spacial score (nSPS) is 12.1. The molecule has 7 nitrogen and oxygen atoms in total. The Hall–Kier alpha value is -4.08. The van der Waals surface area contributed by atoms with Crippen LogP contribution in [-0.4, -0.2) is 34.1 Å². The first-order valence-electron chi connectivity index (χ1n) is 10.3. The number of aliphatic imine (C=N–C) groups is 1. The molecule has 1 aromatic carbocycles. The summed E-state index contributed by atoms with van der Waals surface area (Å²) < 4.78 is 39.1. The Balaban J connectivity index is 1.63. The van der Waals surface area contributed by atoms with E-state index in [0.29, 0.717) is 11.5 Å². The van der Waals surface area contributed by atoms with Crippen LogP contribution < -0.4 is 10.6 Å². The van der Waals surface area contributed by atoms with Gasteiger partial charge in [0.05, 0.1) is 29.6 Å². The van der Waals surface area contributed by atoms with Crippen molar-refractivity contribution in [2.45, 2.75) is 26.4 Å². The van der Waals surface area contributed by atoms with Gasteiger partial charge in [-0.3, -0.25) is 14.8 Å². The lowest BCUT2D eigenvalue weighted by Crippen LogP contribution is -2.16. The van der Waals surface area contributed by atoms with Gasteiger partial charge in [0.1, 0.15) is 0 Å². The second-order valence-corrected chi connectivity index (χ2v) is 7.33. The van der Waals surface area contributed by atoms with E-state index in [1.54, 1.807) is 37.8 Å². The highest BCUT2D eigenvalue weighted by atomic mass is 19.4. The highest BCUT2D eigenvalue weighted by Crippen LogP contribution is 2.32. The van der Waals surface area contributed by atoms with Crippen molar-refractivity contribution in [3.8, 4) is 11.1 Å². The van der Waals surface area contributed by atoms with E-state index in [9.17, 15) is 18.0 Å². The lowest BCUT2D eigenvalue weighted by atomic mass is 10.0. The first kappa shape index (κ1) is 24.6. The minimum Gasteiger partial charge on any atom is -0.324 e. The zero-order valence-corrected chi connectivity index (χ0v) is 18.8. The van der Waals surface area contributed by atoms with Crippen molar-refractivity contribution in [3.05, 3.63) is 77.5 Å². The lowest BCUT2D eigenvalue weighted by Gasteiger charge is -2.12. The topological polar surface area (TPSA) is 92.2 Å². The van der Waals surface area contributed by atoms with E-state index < -0.39 is 17.6 Å². The third-order valence-electron chi connectivity index (χ3n) is 4.82. The van der Waals surface area contributed by atoms with Gasteiger partial charge in [0.25, 0.3) is 0 Å². The van der Waals surface area contributed by atoms with E-state index in [1.165, 1.54) is 13.1 Å². The van der Waals surface area contributed by atoms with Crippen molar-refractivity contribution in [1.82, 2.24) is 15.0 Å². The summed E-state index contributed by atoms with van der Waals surface area (Å²) in [5.41, 5.74) is 2.09. The number of benzene rings is 1. The lowest BCUT2D eigenvalue weighted by molar-refractivity contribution is -0.138. The van der Waals surface area contributed by atoms with E-state index in [4.69, 9.17) is 0 Å². The average Bonchev–Trinajstić information content (AvgIpc) is 2.80. The Bertz CT molecular complexity index is 1200. The van der Waals surface area contributed by atoms with Gasteiger partial charge in [-0.25, -0.2) is 9.97 Å². The molecule has 2 aromatic heterocycles. The summed E-state index contributed by atoms with van der Waals surface area (Å²) in [6.45, 7) is 3.14. The summed E-state index contributed by atoms with van der Waals surface area (Å²) in [6.07, 6.45) is 3.54. The van der Waals surface area contributed by atoms with E-state index in [2.05, 4.69) is 30.6 Å². The molecular formula is C24H23F3N6O. The van der Waals surface area contributed by atoms with Gasteiger partial charge in [0.2, 0.25) is 11.9 Å². The molecule has 3 rings (SSSR count). The van der Waals surface area contributed by atoms with Crippen LogP contribution >= 0.6 is 0 Å². The smallest absolute Gasteiger partial charge is 0.324 e. The van der Waals surface area contributed by atoms with E-state index in [1.807, 2.05) is 25.1 Å². The molecule has 0 unspecified atom stereocenters. The molecule has 0 aliphatic carbocycles. The van der Waals surface area contributed by atoms with Crippen molar-refractivity contribution in [3.63, 3.8) is 0 Å². The minimum atomic E-state index is -4.54. The van der Waals surface area contributed by atoms with Crippen LogP contribution in [0.1, 0.15) is 23.7 Å². The number of pyridine rings is 1. The van der Waals surface area contributed by atoms with Gasteiger partial charge in [-0.15, -0.1) is 0 Å². The molecule has 0 fully saturated rings. The summed E-state index contributed by atoms with van der Waals surface area (Å²) >= 11 is 0. The van der Waals surface area contributed by atoms with Gasteiger partial charge in [-0.05, 0) is 31.0 Å². The molecule has 0 saturated carbocycles. The second kappa shape index (κ2) is 10.7. The van der Waals surface area contributed by atoms with Crippen LogP contribution in [0.5, 0.6) is 0 Å². The summed E-state index contributed by atoms with van der Waals surface area (Å²) in [7, 11) is 1.67. The molecule has 10 heteroatoms. The van der Waals surface area contributed by atoms with Gasteiger partial charge >= 0.3 is 6.18 Å². The molecular weight excluding hydrogens is 445 g/mol. The zero-order valence-electron chi connectivity index (χ0n) is 18.8. The number of hydrogen-bond donors (Lipinski definition) is 2. The summed E-state index contributed by atoms with van der Waals surface area (Å²) in [4.78, 5) is 28.6. The fraction of sp³-hybridized carbons (Fsp3) is 0.208. The third kappa shape index (κ3) is 6.47. The van der Waals surface area contributed by atoms with Gasteiger partial charge in [0.15, 0.2) is 0 Å². The number of hydrogen-bond acceptors (Lipinski definition) is 6. The molecule has 0 saturated heterocycles. The number of aromatic nitrogens is 3. The number of allylic oxidation sites excluding steroid dienone is 2. The fourth-order valence-corrected chi connectivity index (χ4v) is 3.08. The van der Waals surface area contributed by atoms with Crippen LogP contribution in [0.4, 0.5) is 24.8 Å². The highest BCUT2D eigenvalue weighted by Gasteiger charge is 2.33. The largest absolute Gasteiger partial charge is 0.418 e. The van der Waals surface area contributed by atoms with Gasteiger partial charge in [-0.1, -0.05) is 30.3 Å². The zero-order chi connectivity index (χ0) is 24.7. The number of nitrogens with one attached hydrogen (secondary N) is 2. The van der Waals surface area contributed by atoms with Crippen molar-refractivity contribution in [1.29, 1.82) is 0 Å². The molecule has 0 aliphatic heterocycles. The van der Waals surface area contributed by atoms with E-state index >= 15 is 0 Å². The van der Waals surface area contributed by atoms with Crippen LogP contribution in [-0.2, 0) is 17.4 Å². The second-order valence-electron chi connectivity index (χ2n) is 7.33. The number of anilines is 2. The predicted octanol–water partition coefficient (Wildman–Crippen LogP) is 5.06. The molecule has 3 aromatic rings. The minimum absolute atomic E-state index is 0.0000232. The Morgan fingerprint density at radius 2 is 1.71 bits per heavy atom. The van der Waals surface area contributed by atoms with Crippen LogP contribution in [0.3, 0.4) is 0 Å². The summed E-state index contributed by atoms with van der Waals surface area (Å²) in [5, 5.41) is 5.52. The number of amides is 1. The first-order valence-corrected chi connectivity index (χ1v) is 10.3. The van der Waals surface area contributed by atoms with Crippen LogP contribution in [0, 0.1) is 6.92 Å². The molecule has 0 atom stereocenters. The maximum Gasteiger partial charge on any atom is 0.418 e. The Morgan fingerprint density at radius 1 is 1.03 bits per heavy atom. The fourth-order valence-electron chi connectivity index (χ4n) is 3.08. The number of alkyl halides is 3. The number of aryl methyl sites for hydroxylation is 1. The maximum absolute atomic E-state index is 13.0. The van der Waals surface area contributed by atoms with Crippen molar-refractivity contribution < 1.29 is 18.0 Å². The van der Waals surface area contributed by atoms with Crippen LogP contribution in [0.25, 0.3) is 11.1 Å². The molecule has 0 aliphatic rings. The number of rotatable bonds is 7. The standard InChI is InChI=1S/C24H23F3N6O/c1-4-19(13-28-3)33-23-30-11-18(12-31-23)17-7-5-16(6-8-17)9-22(34)32-20-10-21(24(25,26)27)15(2)29-14-20/h4-8,10-14H,9H2,1-3H3,(H,32,34)(H,30,31,33)/b19-4+,28-13-. The molecule has 0 radical (unpaired) electrons. The summed E-state index contributed by atoms with van der Waals surface area (Å²) in [6, 6.07) is 8.07. The number of nitrogens with zero attached hydrogens (tertiary/aromatic N) is 4. The Kier molecular flexibility index (Phi) is 7.72. The molecule has 176 valence electrons. The van der Waals surface area contributed by atoms with E-state index in [-0.39, 0.29) is 17.8 Å². The number of carbonyl (C=O) groups is 1. The monoisotopic (exact) mass is 468 g/mol. The Labute approximate surface area is 194 Å². The molecule has 34 heavy (non-hydrogen) atoms. The SMILES string of the molecule is C/C=C(\C=N/C)Nc1ncc(-c2ccc(CC(=O)Nc3cnc(C)c(C(F)(F)F)c3)cc2)cn1. The predicted molar refractivity (Wildman–Crippen MR) is 126 cm³/mol.